The molecule has 0 N–H and O–H groups in total. The van der Waals surface area contributed by atoms with E-state index in [9.17, 15) is 0 Å². The summed E-state index contributed by atoms with van der Waals surface area (Å²) in [6, 6.07) is 20.7. The first-order valence-electron chi connectivity index (χ1n) is 6.34. The molecule has 0 saturated carbocycles. The topological polar surface area (TPSA) is 17.8 Å². The van der Waals surface area contributed by atoms with Crippen LogP contribution in [-0.4, -0.2) is 9.55 Å². The quantitative estimate of drug-likeness (QED) is 0.459. The number of hydrogen-bond donors (Lipinski definition) is 0. The molecule has 0 saturated heterocycles. The first-order chi connectivity index (χ1) is 9.43. The molecule has 0 aliphatic carbocycles. The highest BCUT2D eigenvalue weighted by Crippen LogP contribution is 2.29. The van der Waals surface area contributed by atoms with Crippen LogP contribution in [0.1, 0.15) is 0 Å². The fraction of sp³-hybridized carbons (Fsp3) is 0. The third-order valence-electron chi connectivity index (χ3n) is 3.42. The second kappa shape index (κ2) is 3.95. The van der Waals surface area contributed by atoms with Gasteiger partial charge in [0.15, 0.2) is 0 Å². The van der Waals surface area contributed by atoms with Gasteiger partial charge < -0.3 is 4.57 Å². The first kappa shape index (κ1) is 10.3. The highest BCUT2D eigenvalue weighted by Gasteiger charge is 2.09. The molecule has 2 heteroatoms. The largest absolute Gasteiger partial charge is 0.323 e. The van der Waals surface area contributed by atoms with Crippen molar-refractivity contribution in [2.75, 3.05) is 0 Å². The van der Waals surface area contributed by atoms with Crippen molar-refractivity contribution in [1.29, 1.82) is 0 Å². The molecule has 2 nitrogen and oxygen atoms in total. The van der Waals surface area contributed by atoms with Gasteiger partial charge in [-0.25, -0.2) is 4.98 Å². The molecule has 0 radical (unpaired) electrons. The lowest BCUT2D eigenvalue weighted by Crippen LogP contribution is -1.95. The minimum Gasteiger partial charge on any atom is -0.323 e. The second-order valence-electron chi connectivity index (χ2n) is 4.59. The number of hydrogen-bond acceptors (Lipinski definition) is 1. The average molecular weight is 244 g/mol. The SMILES string of the molecule is c1ccc2c(-n3cccc3)c3ccccc3nc2c1. The average Bonchev–Trinajstić information content (AvgIpc) is 2.98. The van der Waals surface area contributed by atoms with Crippen LogP contribution in [0.3, 0.4) is 0 Å². The van der Waals surface area contributed by atoms with Crippen LogP contribution in [0.4, 0.5) is 0 Å². The van der Waals surface area contributed by atoms with Gasteiger partial charge in [-0.05, 0) is 24.3 Å². The lowest BCUT2D eigenvalue weighted by Gasteiger charge is -2.11. The van der Waals surface area contributed by atoms with Crippen molar-refractivity contribution in [3.8, 4) is 5.69 Å². The molecule has 0 fully saturated rings. The van der Waals surface area contributed by atoms with Crippen molar-refractivity contribution >= 4 is 21.8 Å². The minimum absolute atomic E-state index is 1.03. The zero-order chi connectivity index (χ0) is 12.7. The lowest BCUT2D eigenvalue weighted by molar-refractivity contribution is 1.10. The zero-order valence-electron chi connectivity index (χ0n) is 10.3. The summed E-state index contributed by atoms with van der Waals surface area (Å²) in [5, 5.41) is 2.36. The van der Waals surface area contributed by atoms with Crippen LogP contribution in [0.5, 0.6) is 0 Å². The fourth-order valence-electron chi connectivity index (χ4n) is 2.58. The van der Waals surface area contributed by atoms with Crippen molar-refractivity contribution in [1.82, 2.24) is 9.55 Å². The van der Waals surface area contributed by atoms with Gasteiger partial charge in [0.25, 0.3) is 0 Å². The van der Waals surface area contributed by atoms with Crippen LogP contribution >= 0.6 is 0 Å². The molecule has 0 aliphatic rings. The van der Waals surface area contributed by atoms with E-state index in [1.165, 1.54) is 16.5 Å². The van der Waals surface area contributed by atoms with E-state index in [0.29, 0.717) is 0 Å². The van der Waals surface area contributed by atoms with E-state index in [0.717, 1.165) is 11.0 Å². The Bertz CT molecular complexity index is 807. The maximum Gasteiger partial charge on any atom is 0.0730 e. The van der Waals surface area contributed by atoms with Gasteiger partial charge in [-0.3, -0.25) is 0 Å². The third-order valence-corrected chi connectivity index (χ3v) is 3.42. The molecule has 19 heavy (non-hydrogen) atoms. The molecule has 4 aromatic rings. The molecule has 2 aromatic heterocycles. The van der Waals surface area contributed by atoms with Gasteiger partial charge >= 0.3 is 0 Å². The Labute approximate surface area is 110 Å². The smallest absolute Gasteiger partial charge is 0.0730 e. The van der Waals surface area contributed by atoms with E-state index in [1.807, 2.05) is 24.3 Å². The minimum atomic E-state index is 1.03. The van der Waals surface area contributed by atoms with Gasteiger partial charge in [-0.15, -0.1) is 0 Å². The number of pyridine rings is 1. The van der Waals surface area contributed by atoms with E-state index in [4.69, 9.17) is 4.98 Å². The summed E-state index contributed by atoms with van der Waals surface area (Å²) in [5.74, 6) is 0. The molecule has 0 spiro atoms. The molecule has 0 bridgehead atoms. The zero-order valence-corrected chi connectivity index (χ0v) is 10.3. The Kier molecular flexibility index (Phi) is 2.15. The first-order valence-corrected chi connectivity index (χ1v) is 6.34. The van der Waals surface area contributed by atoms with Crippen LogP contribution < -0.4 is 0 Å². The second-order valence-corrected chi connectivity index (χ2v) is 4.59. The van der Waals surface area contributed by atoms with E-state index in [2.05, 4.69) is 53.4 Å². The summed E-state index contributed by atoms with van der Waals surface area (Å²) in [4.78, 5) is 4.73. The van der Waals surface area contributed by atoms with Crippen LogP contribution in [0.2, 0.25) is 0 Å². The van der Waals surface area contributed by atoms with Crippen molar-refractivity contribution < 1.29 is 0 Å². The van der Waals surface area contributed by atoms with Crippen LogP contribution in [0, 0.1) is 0 Å². The van der Waals surface area contributed by atoms with Crippen molar-refractivity contribution in [2.45, 2.75) is 0 Å². The van der Waals surface area contributed by atoms with Gasteiger partial charge in [-0.1, -0.05) is 36.4 Å². The summed E-state index contributed by atoms with van der Waals surface area (Å²) in [7, 11) is 0. The predicted octanol–water partition coefficient (Wildman–Crippen LogP) is 4.18. The number of rotatable bonds is 1. The maximum absolute atomic E-state index is 4.73. The number of aromatic nitrogens is 2. The fourth-order valence-corrected chi connectivity index (χ4v) is 2.58. The Morgan fingerprint density at radius 2 is 1.16 bits per heavy atom. The van der Waals surface area contributed by atoms with E-state index < -0.39 is 0 Å². The van der Waals surface area contributed by atoms with E-state index >= 15 is 0 Å². The predicted molar refractivity (Wildman–Crippen MR) is 78.6 cm³/mol. The highest BCUT2D eigenvalue weighted by molar-refractivity contribution is 6.03. The van der Waals surface area contributed by atoms with Gasteiger partial charge in [0, 0.05) is 23.2 Å². The summed E-state index contributed by atoms with van der Waals surface area (Å²) in [6.07, 6.45) is 4.16. The normalized spacial score (nSPS) is 11.2. The Balaban J connectivity index is 2.27. The number of para-hydroxylation sites is 2. The van der Waals surface area contributed by atoms with Crippen molar-refractivity contribution in [3.63, 3.8) is 0 Å². The number of fused-ring (bicyclic) bond motifs is 2. The maximum atomic E-state index is 4.73. The Morgan fingerprint density at radius 1 is 0.632 bits per heavy atom. The summed E-state index contributed by atoms with van der Waals surface area (Å²) < 4.78 is 2.16. The molecule has 0 aliphatic heterocycles. The molecule has 0 atom stereocenters. The number of benzene rings is 2. The molecule has 0 amide bonds. The standard InChI is InChI=1S/C17H12N2/c1-3-9-15-13(7-1)17(19-11-5-6-12-19)14-8-2-4-10-16(14)18-15/h1-12H. The molecule has 4 rings (SSSR count). The van der Waals surface area contributed by atoms with Crippen molar-refractivity contribution in [2.24, 2.45) is 0 Å². The lowest BCUT2D eigenvalue weighted by atomic mass is 10.1. The monoisotopic (exact) mass is 244 g/mol. The summed E-state index contributed by atoms with van der Waals surface area (Å²) in [6.45, 7) is 0. The molecule has 2 aromatic carbocycles. The Morgan fingerprint density at radius 3 is 1.74 bits per heavy atom. The van der Waals surface area contributed by atoms with Crippen molar-refractivity contribution in [3.05, 3.63) is 73.1 Å². The highest BCUT2D eigenvalue weighted by atomic mass is 15.0. The van der Waals surface area contributed by atoms with Crippen LogP contribution in [-0.2, 0) is 0 Å². The van der Waals surface area contributed by atoms with E-state index in [1.54, 1.807) is 0 Å². The van der Waals surface area contributed by atoms with Gasteiger partial charge in [-0.2, -0.15) is 0 Å². The molecule has 90 valence electrons. The molecular weight excluding hydrogens is 232 g/mol. The summed E-state index contributed by atoms with van der Waals surface area (Å²) in [5.41, 5.74) is 3.26. The van der Waals surface area contributed by atoms with Gasteiger partial charge in [0.2, 0.25) is 0 Å². The summed E-state index contributed by atoms with van der Waals surface area (Å²) >= 11 is 0. The third kappa shape index (κ3) is 1.54. The molecular formula is C17H12N2. The molecule has 0 unspecified atom stereocenters. The van der Waals surface area contributed by atoms with Crippen LogP contribution in [0.15, 0.2) is 73.1 Å². The Hall–Kier alpha value is -2.61. The van der Waals surface area contributed by atoms with Gasteiger partial charge in [0.05, 0.1) is 16.7 Å². The number of nitrogens with zero attached hydrogens (tertiary/aromatic N) is 2. The van der Waals surface area contributed by atoms with Gasteiger partial charge in [0.1, 0.15) is 0 Å². The van der Waals surface area contributed by atoms with Crippen LogP contribution in [0.25, 0.3) is 27.5 Å². The van der Waals surface area contributed by atoms with E-state index in [-0.39, 0.29) is 0 Å². The molecule has 2 heterocycles.